The minimum absolute atomic E-state index is 0.268. The van der Waals surface area contributed by atoms with Crippen molar-refractivity contribution in [1.29, 1.82) is 0 Å². The lowest BCUT2D eigenvalue weighted by molar-refractivity contribution is 0.195. The molecule has 2 heteroatoms. The van der Waals surface area contributed by atoms with Crippen molar-refractivity contribution in [2.45, 2.75) is 39.3 Å². The van der Waals surface area contributed by atoms with Crippen molar-refractivity contribution in [2.75, 3.05) is 0 Å². The molecule has 0 amide bonds. The van der Waals surface area contributed by atoms with E-state index in [1.165, 1.54) is 16.5 Å². The first-order valence-electron chi connectivity index (χ1n) is 5.96. The summed E-state index contributed by atoms with van der Waals surface area (Å²) < 4.78 is 2.28. The van der Waals surface area contributed by atoms with E-state index < -0.39 is 0 Å². The second-order valence-corrected chi connectivity index (χ2v) is 4.46. The number of fused-ring (bicyclic) bond motifs is 1. The van der Waals surface area contributed by atoms with Crippen LogP contribution < -0.4 is 0 Å². The fourth-order valence-electron chi connectivity index (χ4n) is 2.15. The number of aryl methyl sites for hydroxylation is 1. The van der Waals surface area contributed by atoms with E-state index in [0.717, 1.165) is 19.4 Å². The zero-order valence-corrected chi connectivity index (χ0v) is 9.98. The van der Waals surface area contributed by atoms with Crippen LogP contribution in [-0.2, 0) is 13.0 Å². The molecule has 2 nitrogen and oxygen atoms in total. The number of nitrogens with zero attached hydrogens (tertiary/aromatic N) is 1. The summed E-state index contributed by atoms with van der Waals surface area (Å²) in [5, 5.41) is 10.6. The van der Waals surface area contributed by atoms with Gasteiger partial charge >= 0.3 is 0 Å². The van der Waals surface area contributed by atoms with Crippen LogP contribution in [0.1, 0.15) is 25.8 Å². The Balaban J connectivity index is 2.33. The van der Waals surface area contributed by atoms with Crippen molar-refractivity contribution in [1.82, 2.24) is 4.57 Å². The standard InChI is InChI=1S/C14H19NO/c1-3-7-15-8-6-13-10-12(9-11(2)16)4-5-14(13)15/h4-6,8,10-11,16H,3,7,9H2,1-2H3. The lowest BCUT2D eigenvalue weighted by atomic mass is 10.1. The molecule has 1 unspecified atom stereocenters. The Bertz CT molecular complexity index is 471. The van der Waals surface area contributed by atoms with Crippen molar-refractivity contribution in [2.24, 2.45) is 0 Å². The van der Waals surface area contributed by atoms with E-state index in [4.69, 9.17) is 0 Å². The van der Waals surface area contributed by atoms with Crippen LogP contribution in [0.4, 0.5) is 0 Å². The molecule has 0 saturated heterocycles. The maximum absolute atomic E-state index is 9.36. The van der Waals surface area contributed by atoms with E-state index in [1.54, 1.807) is 0 Å². The zero-order chi connectivity index (χ0) is 11.5. The molecule has 0 bridgehead atoms. The normalized spacial score (nSPS) is 13.2. The number of aliphatic hydroxyl groups is 1. The number of hydrogen-bond donors (Lipinski definition) is 1. The number of aliphatic hydroxyl groups excluding tert-OH is 1. The largest absolute Gasteiger partial charge is 0.393 e. The Labute approximate surface area is 96.5 Å². The Kier molecular flexibility index (Phi) is 3.30. The van der Waals surface area contributed by atoms with Gasteiger partial charge in [-0.05, 0) is 48.9 Å². The third-order valence-electron chi connectivity index (χ3n) is 2.83. The molecule has 0 saturated carbocycles. The molecule has 1 aromatic carbocycles. The van der Waals surface area contributed by atoms with Crippen molar-refractivity contribution in [3.8, 4) is 0 Å². The monoisotopic (exact) mass is 217 g/mol. The van der Waals surface area contributed by atoms with Crippen LogP contribution in [0.25, 0.3) is 10.9 Å². The highest BCUT2D eigenvalue weighted by Crippen LogP contribution is 2.19. The van der Waals surface area contributed by atoms with Crippen LogP contribution >= 0.6 is 0 Å². The molecule has 1 atom stereocenters. The SMILES string of the molecule is CCCn1ccc2cc(CC(C)O)ccc21. The average molecular weight is 217 g/mol. The number of aromatic nitrogens is 1. The second-order valence-electron chi connectivity index (χ2n) is 4.46. The quantitative estimate of drug-likeness (QED) is 0.836. The number of benzene rings is 1. The second kappa shape index (κ2) is 4.71. The molecule has 86 valence electrons. The molecule has 0 radical (unpaired) electrons. The third-order valence-corrected chi connectivity index (χ3v) is 2.83. The molecule has 0 aliphatic heterocycles. The topological polar surface area (TPSA) is 25.2 Å². The van der Waals surface area contributed by atoms with Crippen LogP contribution in [-0.4, -0.2) is 15.8 Å². The highest BCUT2D eigenvalue weighted by Gasteiger charge is 2.03. The van der Waals surface area contributed by atoms with Crippen molar-refractivity contribution in [3.05, 3.63) is 36.0 Å². The van der Waals surface area contributed by atoms with Crippen LogP contribution in [0.3, 0.4) is 0 Å². The Hall–Kier alpha value is -1.28. The van der Waals surface area contributed by atoms with Crippen molar-refractivity contribution in [3.63, 3.8) is 0 Å². The first-order chi connectivity index (χ1) is 7.70. The van der Waals surface area contributed by atoms with E-state index in [1.807, 2.05) is 6.92 Å². The molecule has 1 heterocycles. The van der Waals surface area contributed by atoms with Gasteiger partial charge in [0.15, 0.2) is 0 Å². The molecular weight excluding hydrogens is 198 g/mol. The zero-order valence-electron chi connectivity index (χ0n) is 9.98. The summed E-state index contributed by atoms with van der Waals surface area (Å²) in [6.07, 6.45) is 3.75. The molecule has 1 N–H and O–H groups in total. The molecule has 0 fully saturated rings. The minimum atomic E-state index is -0.268. The maximum atomic E-state index is 9.36. The van der Waals surface area contributed by atoms with Crippen molar-refractivity contribution < 1.29 is 5.11 Å². The highest BCUT2D eigenvalue weighted by atomic mass is 16.3. The third kappa shape index (κ3) is 2.27. The fraction of sp³-hybridized carbons (Fsp3) is 0.429. The summed E-state index contributed by atoms with van der Waals surface area (Å²) in [6, 6.07) is 8.59. The van der Waals surface area contributed by atoms with Gasteiger partial charge < -0.3 is 9.67 Å². The van der Waals surface area contributed by atoms with Gasteiger partial charge in [0.1, 0.15) is 0 Å². The molecule has 16 heavy (non-hydrogen) atoms. The van der Waals surface area contributed by atoms with Crippen LogP contribution in [0.5, 0.6) is 0 Å². The Morgan fingerprint density at radius 2 is 2.12 bits per heavy atom. The molecule has 0 spiro atoms. The molecule has 1 aromatic heterocycles. The van der Waals surface area contributed by atoms with E-state index in [-0.39, 0.29) is 6.10 Å². The van der Waals surface area contributed by atoms with Gasteiger partial charge in [-0.15, -0.1) is 0 Å². The van der Waals surface area contributed by atoms with Gasteiger partial charge in [0.2, 0.25) is 0 Å². The lowest BCUT2D eigenvalue weighted by Gasteiger charge is -2.06. The molecule has 2 rings (SSSR count). The summed E-state index contributed by atoms with van der Waals surface area (Å²) in [5.41, 5.74) is 2.49. The lowest BCUT2D eigenvalue weighted by Crippen LogP contribution is -2.03. The van der Waals surface area contributed by atoms with Gasteiger partial charge in [0.25, 0.3) is 0 Å². The molecule has 0 aliphatic carbocycles. The van der Waals surface area contributed by atoms with Crippen LogP contribution in [0, 0.1) is 0 Å². The van der Waals surface area contributed by atoms with E-state index in [9.17, 15) is 5.11 Å². The summed E-state index contributed by atoms with van der Waals surface area (Å²) in [4.78, 5) is 0. The predicted molar refractivity (Wildman–Crippen MR) is 67.6 cm³/mol. The average Bonchev–Trinajstić information content (AvgIpc) is 2.61. The predicted octanol–water partition coefficient (Wildman–Crippen LogP) is 2.97. The van der Waals surface area contributed by atoms with Gasteiger partial charge in [-0.25, -0.2) is 0 Å². The van der Waals surface area contributed by atoms with Crippen LogP contribution in [0.2, 0.25) is 0 Å². The van der Waals surface area contributed by atoms with Gasteiger partial charge in [0, 0.05) is 18.3 Å². The first kappa shape index (κ1) is 11.2. The molecule has 0 aliphatic rings. The van der Waals surface area contributed by atoms with E-state index in [2.05, 4.69) is 42.0 Å². The smallest absolute Gasteiger partial charge is 0.0552 e. The fourth-order valence-corrected chi connectivity index (χ4v) is 2.15. The summed E-state index contributed by atoms with van der Waals surface area (Å²) in [5.74, 6) is 0. The summed E-state index contributed by atoms with van der Waals surface area (Å²) in [7, 11) is 0. The summed E-state index contributed by atoms with van der Waals surface area (Å²) in [6.45, 7) is 5.08. The van der Waals surface area contributed by atoms with Crippen LogP contribution in [0.15, 0.2) is 30.5 Å². The molecular formula is C14H19NO. The Morgan fingerprint density at radius 3 is 2.81 bits per heavy atom. The summed E-state index contributed by atoms with van der Waals surface area (Å²) >= 11 is 0. The van der Waals surface area contributed by atoms with Gasteiger partial charge in [-0.3, -0.25) is 0 Å². The highest BCUT2D eigenvalue weighted by molar-refractivity contribution is 5.80. The number of hydrogen-bond acceptors (Lipinski definition) is 1. The first-order valence-corrected chi connectivity index (χ1v) is 5.96. The minimum Gasteiger partial charge on any atom is -0.393 e. The van der Waals surface area contributed by atoms with E-state index >= 15 is 0 Å². The van der Waals surface area contributed by atoms with Gasteiger partial charge in [-0.1, -0.05) is 13.0 Å². The maximum Gasteiger partial charge on any atom is 0.0552 e. The van der Waals surface area contributed by atoms with Gasteiger partial charge in [-0.2, -0.15) is 0 Å². The van der Waals surface area contributed by atoms with E-state index in [0.29, 0.717) is 0 Å². The van der Waals surface area contributed by atoms with Gasteiger partial charge in [0.05, 0.1) is 6.10 Å². The van der Waals surface area contributed by atoms with Crippen molar-refractivity contribution >= 4 is 10.9 Å². The Morgan fingerprint density at radius 1 is 1.31 bits per heavy atom. The molecule has 2 aromatic rings. The number of rotatable bonds is 4.